The first-order chi connectivity index (χ1) is 10.9. The van der Waals surface area contributed by atoms with Crippen LogP contribution in [-0.4, -0.2) is 29.1 Å². The standard InChI is InChI=1S/C20H29NO2/c1-14(2)21(3)13-15-4-5-16-6-9-20(18(16)12-15)10-7-17(8-11-20)19(22)23/h4-5,12,14,17H,6-11,13H2,1-3H3,(H,22,23). The maximum atomic E-state index is 11.2. The molecule has 1 spiro atoms. The van der Waals surface area contributed by atoms with Gasteiger partial charge in [-0.25, -0.2) is 0 Å². The molecule has 0 aromatic heterocycles. The maximum absolute atomic E-state index is 11.2. The van der Waals surface area contributed by atoms with E-state index in [4.69, 9.17) is 0 Å². The molecule has 1 N–H and O–H groups in total. The molecule has 23 heavy (non-hydrogen) atoms. The van der Waals surface area contributed by atoms with Gasteiger partial charge in [-0.2, -0.15) is 0 Å². The predicted octanol–water partition coefficient (Wildman–Crippen LogP) is 3.99. The van der Waals surface area contributed by atoms with Gasteiger partial charge in [0.15, 0.2) is 0 Å². The Morgan fingerprint density at radius 2 is 2.00 bits per heavy atom. The summed E-state index contributed by atoms with van der Waals surface area (Å²) in [4.78, 5) is 13.6. The summed E-state index contributed by atoms with van der Waals surface area (Å²) >= 11 is 0. The Morgan fingerprint density at radius 3 is 2.61 bits per heavy atom. The zero-order valence-electron chi connectivity index (χ0n) is 14.6. The van der Waals surface area contributed by atoms with E-state index in [0.717, 1.165) is 38.6 Å². The van der Waals surface area contributed by atoms with Gasteiger partial charge in [0.1, 0.15) is 0 Å². The molecule has 126 valence electrons. The summed E-state index contributed by atoms with van der Waals surface area (Å²) in [5.74, 6) is -0.731. The SMILES string of the molecule is CC(C)N(C)Cc1ccc2c(c1)C1(CC2)CCC(C(=O)O)CC1. The van der Waals surface area contributed by atoms with Gasteiger partial charge >= 0.3 is 5.97 Å². The minimum Gasteiger partial charge on any atom is -0.481 e. The molecule has 0 unspecified atom stereocenters. The monoisotopic (exact) mass is 315 g/mol. The van der Waals surface area contributed by atoms with E-state index in [1.807, 2.05) is 0 Å². The molecule has 2 aliphatic rings. The van der Waals surface area contributed by atoms with Crippen LogP contribution in [0.15, 0.2) is 18.2 Å². The van der Waals surface area contributed by atoms with Crippen molar-refractivity contribution in [3.63, 3.8) is 0 Å². The smallest absolute Gasteiger partial charge is 0.306 e. The van der Waals surface area contributed by atoms with Crippen LogP contribution in [0.3, 0.4) is 0 Å². The number of fused-ring (bicyclic) bond motifs is 2. The van der Waals surface area contributed by atoms with E-state index in [2.05, 4.69) is 44.0 Å². The van der Waals surface area contributed by atoms with Crippen LogP contribution in [0, 0.1) is 5.92 Å². The average Bonchev–Trinajstić information content (AvgIpc) is 2.86. The lowest BCUT2D eigenvalue weighted by atomic mass is 9.67. The third-order valence-electron chi connectivity index (χ3n) is 6.22. The van der Waals surface area contributed by atoms with Crippen LogP contribution in [0.2, 0.25) is 0 Å². The number of benzene rings is 1. The Balaban J connectivity index is 1.80. The average molecular weight is 315 g/mol. The molecular formula is C20H29NO2. The highest BCUT2D eigenvalue weighted by Gasteiger charge is 2.42. The second-order valence-electron chi connectivity index (χ2n) is 7.89. The zero-order valence-corrected chi connectivity index (χ0v) is 14.6. The molecule has 1 aromatic rings. The van der Waals surface area contributed by atoms with Gasteiger partial charge in [-0.15, -0.1) is 0 Å². The summed E-state index contributed by atoms with van der Waals surface area (Å²) in [5, 5.41) is 9.25. The minimum atomic E-state index is -0.606. The highest BCUT2D eigenvalue weighted by molar-refractivity contribution is 5.70. The second-order valence-corrected chi connectivity index (χ2v) is 7.89. The lowest BCUT2D eigenvalue weighted by molar-refractivity contribution is -0.143. The second kappa shape index (κ2) is 6.27. The van der Waals surface area contributed by atoms with E-state index in [0.29, 0.717) is 6.04 Å². The van der Waals surface area contributed by atoms with Gasteiger partial charge in [0.05, 0.1) is 5.92 Å². The highest BCUT2D eigenvalue weighted by Crippen LogP contribution is 2.50. The molecule has 0 bridgehead atoms. The number of nitrogens with zero attached hydrogens (tertiary/aromatic N) is 1. The number of hydrogen-bond acceptors (Lipinski definition) is 2. The summed E-state index contributed by atoms with van der Waals surface area (Å²) in [6, 6.07) is 7.56. The summed E-state index contributed by atoms with van der Waals surface area (Å²) < 4.78 is 0. The lowest BCUT2D eigenvalue weighted by Crippen LogP contribution is -2.32. The summed E-state index contributed by atoms with van der Waals surface area (Å²) in [7, 11) is 2.17. The summed E-state index contributed by atoms with van der Waals surface area (Å²) in [6.07, 6.45) is 6.13. The molecule has 3 heteroatoms. The normalized spacial score (nSPS) is 26.9. The molecule has 1 fully saturated rings. The van der Waals surface area contributed by atoms with E-state index in [1.165, 1.54) is 23.1 Å². The molecule has 3 nitrogen and oxygen atoms in total. The topological polar surface area (TPSA) is 40.5 Å². The Labute approximate surface area is 139 Å². The van der Waals surface area contributed by atoms with Crippen molar-refractivity contribution in [2.75, 3.05) is 7.05 Å². The van der Waals surface area contributed by atoms with Crippen LogP contribution < -0.4 is 0 Å². The van der Waals surface area contributed by atoms with Crippen LogP contribution in [-0.2, 0) is 23.2 Å². The summed E-state index contributed by atoms with van der Waals surface area (Å²) in [5.41, 5.74) is 4.67. The molecule has 0 atom stereocenters. The molecule has 3 rings (SSSR count). The van der Waals surface area contributed by atoms with Crippen LogP contribution in [0.1, 0.15) is 62.6 Å². The van der Waals surface area contributed by atoms with Gasteiger partial charge in [-0.3, -0.25) is 9.69 Å². The third kappa shape index (κ3) is 3.16. The van der Waals surface area contributed by atoms with Gasteiger partial charge in [0.2, 0.25) is 0 Å². The van der Waals surface area contributed by atoms with Crippen molar-refractivity contribution in [2.24, 2.45) is 5.92 Å². The molecule has 1 aromatic carbocycles. The van der Waals surface area contributed by atoms with Crippen LogP contribution in [0.5, 0.6) is 0 Å². The maximum Gasteiger partial charge on any atom is 0.306 e. The summed E-state index contributed by atoms with van der Waals surface area (Å²) in [6.45, 7) is 5.43. The highest BCUT2D eigenvalue weighted by atomic mass is 16.4. The number of carboxylic acids is 1. The van der Waals surface area contributed by atoms with E-state index in [-0.39, 0.29) is 11.3 Å². The number of aliphatic carboxylic acids is 1. The van der Waals surface area contributed by atoms with Crippen molar-refractivity contribution >= 4 is 5.97 Å². The fraction of sp³-hybridized carbons (Fsp3) is 0.650. The third-order valence-corrected chi connectivity index (χ3v) is 6.22. The first kappa shape index (κ1) is 16.5. The Hall–Kier alpha value is -1.35. The number of rotatable bonds is 4. The molecule has 0 saturated heterocycles. The predicted molar refractivity (Wildman–Crippen MR) is 92.6 cm³/mol. The van der Waals surface area contributed by atoms with Crippen LogP contribution >= 0.6 is 0 Å². The Kier molecular flexibility index (Phi) is 4.50. The van der Waals surface area contributed by atoms with Crippen molar-refractivity contribution in [2.45, 2.75) is 70.4 Å². The largest absolute Gasteiger partial charge is 0.481 e. The first-order valence-corrected chi connectivity index (χ1v) is 8.97. The quantitative estimate of drug-likeness (QED) is 0.913. The number of carboxylic acid groups (broad SMARTS) is 1. The number of aryl methyl sites for hydroxylation is 1. The van der Waals surface area contributed by atoms with Crippen LogP contribution in [0.25, 0.3) is 0 Å². The van der Waals surface area contributed by atoms with Crippen LogP contribution in [0.4, 0.5) is 0 Å². The van der Waals surface area contributed by atoms with Gasteiger partial charge in [0, 0.05) is 12.6 Å². The van der Waals surface area contributed by atoms with Crippen molar-refractivity contribution in [3.05, 3.63) is 34.9 Å². The molecule has 0 radical (unpaired) electrons. The van der Waals surface area contributed by atoms with Gasteiger partial charge < -0.3 is 5.11 Å². The van der Waals surface area contributed by atoms with E-state index < -0.39 is 5.97 Å². The van der Waals surface area contributed by atoms with E-state index >= 15 is 0 Å². The molecule has 0 aliphatic heterocycles. The zero-order chi connectivity index (χ0) is 16.6. The molecule has 0 amide bonds. The number of hydrogen-bond donors (Lipinski definition) is 1. The molecule has 0 heterocycles. The first-order valence-electron chi connectivity index (χ1n) is 8.97. The Bertz CT molecular complexity index is 585. The van der Waals surface area contributed by atoms with Crippen molar-refractivity contribution in [1.29, 1.82) is 0 Å². The molecule has 2 aliphatic carbocycles. The van der Waals surface area contributed by atoms with Gasteiger partial charge in [-0.1, -0.05) is 18.2 Å². The van der Waals surface area contributed by atoms with Crippen molar-refractivity contribution < 1.29 is 9.90 Å². The molecule has 1 saturated carbocycles. The van der Waals surface area contributed by atoms with Gasteiger partial charge in [-0.05, 0) is 81.5 Å². The van der Waals surface area contributed by atoms with Crippen molar-refractivity contribution in [3.8, 4) is 0 Å². The van der Waals surface area contributed by atoms with Crippen molar-refractivity contribution in [1.82, 2.24) is 4.90 Å². The lowest BCUT2D eigenvalue weighted by Gasteiger charge is -2.37. The molecular weight excluding hydrogens is 286 g/mol. The van der Waals surface area contributed by atoms with E-state index in [1.54, 1.807) is 0 Å². The van der Waals surface area contributed by atoms with E-state index in [9.17, 15) is 9.90 Å². The fourth-order valence-corrected chi connectivity index (χ4v) is 4.35. The minimum absolute atomic E-state index is 0.125. The fourth-order valence-electron chi connectivity index (χ4n) is 4.35. The Morgan fingerprint density at radius 1 is 1.30 bits per heavy atom. The number of carbonyl (C=O) groups is 1. The van der Waals surface area contributed by atoms with Gasteiger partial charge in [0.25, 0.3) is 0 Å².